The zero-order valence-corrected chi connectivity index (χ0v) is 17.0. The number of hydrogen-bond acceptors (Lipinski definition) is 2. The van der Waals surface area contributed by atoms with Crippen molar-refractivity contribution >= 4 is 12.2 Å². The number of rotatable bonds is 7. The standard InChI is InChI=1S/C23H33NO2/c1-17(12-13-21-19(3)11-8-15-23(21,5)6)9-7-10-18(2)14-16-24-20(4)22(25)26/h7,9-10,12-14,16,20H,8,11,15H2,1-6H3,(H,25,26)/b10-7+,13-12+,17-9+,18-14+,24-16?/t20-/m0/s1. The molecule has 0 aromatic rings. The van der Waals surface area contributed by atoms with Crippen molar-refractivity contribution in [3.8, 4) is 0 Å². The normalized spacial score (nSPS) is 20.5. The third-order valence-corrected chi connectivity index (χ3v) is 4.78. The highest BCUT2D eigenvalue weighted by molar-refractivity contribution is 5.79. The molecule has 0 saturated carbocycles. The number of carbonyl (C=O) groups is 1. The minimum atomic E-state index is -0.917. The monoisotopic (exact) mass is 355 g/mol. The molecule has 1 aliphatic rings. The van der Waals surface area contributed by atoms with Crippen LogP contribution in [0.5, 0.6) is 0 Å². The van der Waals surface area contributed by atoms with E-state index < -0.39 is 12.0 Å². The predicted octanol–water partition coefficient (Wildman–Crippen LogP) is 6.06. The van der Waals surface area contributed by atoms with Crippen LogP contribution >= 0.6 is 0 Å². The molecule has 0 saturated heterocycles. The maximum Gasteiger partial charge on any atom is 0.328 e. The molecule has 1 N–H and O–H groups in total. The summed E-state index contributed by atoms with van der Waals surface area (Å²) in [5.41, 5.74) is 5.46. The van der Waals surface area contributed by atoms with E-state index in [1.807, 2.05) is 25.2 Å². The van der Waals surface area contributed by atoms with Gasteiger partial charge in [0.15, 0.2) is 0 Å². The molecule has 0 spiro atoms. The fraction of sp³-hybridized carbons (Fsp3) is 0.478. The van der Waals surface area contributed by atoms with Gasteiger partial charge in [-0.05, 0) is 69.6 Å². The quantitative estimate of drug-likeness (QED) is 0.445. The van der Waals surface area contributed by atoms with Gasteiger partial charge in [0.2, 0.25) is 0 Å². The Kier molecular flexibility index (Phi) is 8.50. The number of carboxylic acid groups (broad SMARTS) is 1. The van der Waals surface area contributed by atoms with Crippen LogP contribution < -0.4 is 0 Å². The van der Waals surface area contributed by atoms with Crippen molar-refractivity contribution in [3.05, 3.63) is 58.7 Å². The third kappa shape index (κ3) is 7.38. The summed E-state index contributed by atoms with van der Waals surface area (Å²) in [6.45, 7) is 12.5. The first-order valence-corrected chi connectivity index (χ1v) is 9.29. The van der Waals surface area contributed by atoms with Gasteiger partial charge >= 0.3 is 5.97 Å². The molecule has 0 aromatic heterocycles. The van der Waals surface area contributed by atoms with Crippen molar-refractivity contribution < 1.29 is 9.90 Å². The Morgan fingerprint density at radius 1 is 1.19 bits per heavy atom. The first-order chi connectivity index (χ1) is 12.1. The molecule has 142 valence electrons. The van der Waals surface area contributed by atoms with Gasteiger partial charge in [-0.25, -0.2) is 4.79 Å². The zero-order valence-electron chi connectivity index (χ0n) is 17.0. The molecule has 1 atom stereocenters. The fourth-order valence-electron chi connectivity index (χ4n) is 3.04. The van der Waals surface area contributed by atoms with Crippen LogP contribution in [-0.4, -0.2) is 23.3 Å². The third-order valence-electron chi connectivity index (χ3n) is 4.78. The van der Waals surface area contributed by atoms with E-state index in [-0.39, 0.29) is 5.41 Å². The summed E-state index contributed by atoms with van der Waals surface area (Å²) in [6.07, 6.45) is 17.6. The minimum absolute atomic E-state index is 0.265. The molecule has 3 heteroatoms. The molecule has 0 aromatic carbocycles. The molecule has 0 unspecified atom stereocenters. The van der Waals surface area contributed by atoms with Crippen LogP contribution in [-0.2, 0) is 4.79 Å². The largest absolute Gasteiger partial charge is 0.480 e. The SMILES string of the molecule is CC1=C(/C=C/C(C)=C/C=C/C(C)=C/C=N[C@@H](C)C(=O)O)C(C)(C)CCC1. The lowest BCUT2D eigenvalue weighted by atomic mass is 9.72. The maximum absolute atomic E-state index is 10.7. The molecule has 26 heavy (non-hydrogen) atoms. The fourth-order valence-corrected chi connectivity index (χ4v) is 3.04. The molecule has 0 radical (unpaired) electrons. The van der Waals surface area contributed by atoms with E-state index in [0.29, 0.717) is 0 Å². The molecule has 1 rings (SSSR count). The van der Waals surface area contributed by atoms with Crippen LogP contribution in [0.2, 0.25) is 0 Å². The molecule has 0 heterocycles. The Balaban J connectivity index is 2.70. The second kappa shape index (κ2) is 10.1. The molecule has 1 aliphatic carbocycles. The van der Waals surface area contributed by atoms with Gasteiger partial charge in [0, 0.05) is 6.21 Å². The lowest BCUT2D eigenvalue weighted by molar-refractivity contribution is -0.137. The number of nitrogens with zero attached hydrogens (tertiary/aromatic N) is 1. The summed E-state index contributed by atoms with van der Waals surface area (Å²) < 4.78 is 0. The molecular weight excluding hydrogens is 322 g/mol. The topological polar surface area (TPSA) is 49.7 Å². The van der Waals surface area contributed by atoms with Crippen molar-refractivity contribution in [3.63, 3.8) is 0 Å². The summed E-state index contributed by atoms with van der Waals surface area (Å²) in [6, 6.07) is -0.711. The van der Waals surface area contributed by atoms with E-state index in [0.717, 1.165) is 5.57 Å². The average molecular weight is 356 g/mol. The van der Waals surface area contributed by atoms with E-state index >= 15 is 0 Å². The summed E-state index contributed by atoms with van der Waals surface area (Å²) in [7, 11) is 0. The van der Waals surface area contributed by atoms with Crippen molar-refractivity contribution in [1.82, 2.24) is 0 Å². The zero-order chi connectivity index (χ0) is 19.7. The molecule has 3 nitrogen and oxygen atoms in total. The molecule has 0 bridgehead atoms. The molecule has 0 amide bonds. The van der Waals surface area contributed by atoms with Crippen molar-refractivity contribution in [2.45, 2.75) is 66.8 Å². The van der Waals surface area contributed by atoms with Crippen LogP contribution in [0.15, 0.2) is 63.7 Å². The Labute approximate surface area is 158 Å². The lowest BCUT2D eigenvalue weighted by Crippen LogP contribution is -2.19. The number of allylic oxidation sites excluding steroid dienone is 10. The van der Waals surface area contributed by atoms with Gasteiger partial charge in [-0.15, -0.1) is 0 Å². The maximum atomic E-state index is 10.7. The van der Waals surface area contributed by atoms with E-state index in [2.05, 4.69) is 50.9 Å². The highest BCUT2D eigenvalue weighted by Crippen LogP contribution is 2.40. The first-order valence-electron chi connectivity index (χ1n) is 9.29. The van der Waals surface area contributed by atoms with Crippen molar-refractivity contribution in [2.75, 3.05) is 0 Å². The second-order valence-corrected chi connectivity index (χ2v) is 7.76. The van der Waals surface area contributed by atoms with E-state index in [1.54, 1.807) is 13.1 Å². The Hall–Kier alpha value is -2.16. The Bertz CT molecular complexity index is 685. The summed E-state index contributed by atoms with van der Waals surface area (Å²) in [5.74, 6) is -0.917. The van der Waals surface area contributed by atoms with E-state index in [4.69, 9.17) is 5.11 Å². The highest BCUT2D eigenvalue weighted by Gasteiger charge is 2.26. The smallest absolute Gasteiger partial charge is 0.328 e. The number of carboxylic acids is 1. The van der Waals surface area contributed by atoms with Crippen LogP contribution in [0.4, 0.5) is 0 Å². The van der Waals surface area contributed by atoms with Crippen molar-refractivity contribution in [1.29, 1.82) is 0 Å². The Morgan fingerprint density at radius 3 is 2.46 bits per heavy atom. The molecular formula is C23H33NO2. The highest BCUT2D eigenvalue weighted by atomic mass is 16.4. The second-order valence-electron chi connectivity index (χ2n) is 7.76. The van der Waals surface area contributed by atoms with Gasteiger partial charge in [0.1, 0.15) is 6.04 Å². The van der Waals surface area contributed by atoms with Gasteiger partial charge in [0.05, 0.1) is 0 Å². The average Bonchev–Trinajstić information content (AvgIpc) is 2.53. The number of hydrogen-bond donors (Lipinski definition) is 1. The Morgan fingerprint density at radius 2 is 1.85 bits per heavy atom. The van der Waals surface area contributed by atoms with E-state index in [9.17, 15) is 4.79 Å². The lowest BCUT2D eigenvalue weighted by Gasteiger charge is -2.32. The first kappa shape index (κ1) is 21.9. The summed E-state index contributed by atoms with van der Waals surface area (Å²) in [4.78, 5) is 14.6. The van der Waals surface area contributed by atoms with Gasteiger partial charge in [0.25, 0.3) is 0 Å². The van der Waals surface area contributed by atoms with Crippen molar-refractivity contribution in [2.24, 2.45) is 10.4 Å². The van der Waals surface area contributed by atoms with Crippen LogP contribution in [0.25, 0.3) is 0 Å². The van der Waals surface area contributed by atoms with Gasteiger partial charge in [-0.2, -0.15) is 0 Å². The van der Waals surface area contributed by atoms with E-state index in [1.165, 1.54) is 36.0 Å². The summed E-state index contributed by atoms with van der Waals surface area (Å²) >= 11 is 0. The minimum Gasteiger partial charge on any atom is -0.480 e. The summed E-state index contributed by atoms with van der Waals surface area (Å²) in [5, 5.41) is 8.78. The van der Waals surface area contributed by atoms with Crippen LogP contribution in [0, 0.1) is 5.41 Å². The van der Waals surface area contributed by atoms with Gasteiger partial charge in [-0.3, -0.25) is 4.99 Å². The number of aliphatic imine (C=N–C) groups is 1. The van der Waals surface area contributed by atoms with Gasteiger partial charge in [-0.1, -0.05) is 55.4 Å². The molecule has 0 aliphatic heterocycles. The van der Waals surface area contributed by atoms with Crippen LogP contribution in [0.1, 0.15) is 60.8 Å². The molecule has 0 fully saturated rings. The van der Waals surface area contributed by atoms with Crippen LogP contribution in [0.3, 0.4) is 0 Å². The predicted molar refractivity (Wildman–Crippen MR) is 112 cm³/mol. The van der Waals surface area contributed by atoms with Gasteiger partial charge < -0.3 is 5.11 Å². The number of aliphatic carboxylic acids is 1.